The summed E-state index contributed by atoms with van der Waals surface area (Å²) in [4.78, 5) is 0. The molecule has 0 aliphatic carbocycles. The molecule has 0 spiro atoms. The van der Waals surface area contributed by atoms with E-state index in [1.165, 1.54) is 12.8 Å². The summed E-state index contributed by atoms with van der Waals surface area (Å²) >= 11 is 2.09. The van der Waals surface area contributed by atoms with Gasteiger partial charge < -0.3 is 5.11 Å². The molecule has 0 aromatic rings. The summed E-state index contributed by atoms with van der Waals surface area (Å²) in [6, 6.07) is 0. The topological polar surface area (TPSA) is 20.2 Å². The zero-order valence-corrected chi connectivity index (χ0v) is 7.16. The van der Waals surface area contributed by atoms with Crippen molar-refractivity contribution in [2.24, 2.45) is 0 Å². The van der Waals surface area contributed by atoms with Crippen LogP contribution >= 0.6 is 11.8 Å². The van der Waals surface area contributed by atoms with E-state index >= 15 is 0 Å². The third kappa shape index (κ3) is 1.19. The molecule has 3 atom stereocenters. The van der Waals surface area contributed by atoms with Crippen molar-refractivity contribution in [3.8, 4) is 0 Å². The van der Waals surface area contributed by atoms with E-state index in [-0.39, 0.29) is 5.60 Å². The summed E-state index contributed by atoms with van der Waals surface area (Å²) in [7, 11) is 0. The first-order chi connectivity index (χ1) is 4.66. The van der Waals surface area contributed by atoms with E-state index in [0.29, 0.717) is 0 Å². The van der Waals surface area contributed by atoms with Crippen LogP contribution in [0, 0.1) is 0 Å². The Morgan fingerprint density at radius 1 is 1.30 bits per heavy atom. The number of fused-ring (bicyclic) bond motifs is 2. The quantitative estimate of drug-likeness (QED) is 0.580. The van der Waals surface area contributed by atoms with Crippen molar-refractivity contribution < 1.29 is 5.11 Å². The first-order valence-electron chi connectivity index (χ1n) is 4.04. The Hall–Kier alpha value is 0.310. The minimum Gasteiger partial charge on any atom is -0.390 e. The van der Waals surface area contributed by atoms with E-state index in [1.807, 2.05) is 6.92 Å². The van der Waals surface area contributed by atoms with E-state index in [9.17, 15) is 5.11 Å². The first kappa shape index (κ1) is 6.99. The summed E-state index contributed by atoms with van der Waals surface area (Å²) in [5.74, 6) is 0. The zero-order chi connectivity index (χ0) is 7.19. The maximum atomic E-state index is 9.74. The number of thioether (sulfide) groups is 1. The maximum absolute atomic E-state index is 9.74. The Labute approximate surface area is 66.2 Å². The fraction of sp³-hybridized carbons (Fsp3) is 1.00. The Morgan fingerprint density at radius 3 is 2.30 bits per heavy atom. The van der Waals surface area contributed by atoms with Crippen LogP contribution in [-0.4, -0.2) is 21.2 Å². The molecule has 2 heteroatoms. The average molecular weight is 158 g/mol. The number of hydrogen-bond acceptors (Lipinski definition) is 2. The van der Waals surface area contributed by atoms with Crippen molar-refractivity contribution in [3.63, 3.8) is 0 Å². The highest BCUT2D eigenvalue weighted by molar-refractivity contribution is 8.00. The molecule has 1 unspecified atom stereocenters. The van der Waals surface area contributed by atoms with Crippen molar-refractivity contribution in [2.75, 3.05) is 0 Å². The van der Waals surface area contributed by atoms with Gasteiger partial charge in [-0.3, -0.25) is 0 Å². The Morgan fingerprint density at radius 2 is 1.80 bits per heavy atom. The third-order valence-electron chi connectivity index (χ3n) is 2.53. The Kier molecular flexibility index (Phi) is 1.50. The number of hydrogen-bond donors (Lipinski definition) is 1. The van der Waals surface area contributed by atoms with Crippen LogP contribution < -0.4 is 0 Å². The average Bonchev–Trinajstić information content (AvgIpc) is 2.08. The minimum absolute atomic E-state index is 0.336. The molecule has 0 amide bonds. The molecule has 2 aliphatic heterocycles. The van der Waals surface area contributed by atoms with Crippen LogP contribution in [-0.2, 0) is 0 Å². The largest absolute Gasteiger partial charge is 0.390 e. The summed E-state index contributed by atoms with van der Waals surface area (Å²) in [5.41, 5.74) is -0.336. The van der Waals surface area contributed by atoms with Gasteiger partial charge in [0.25, 0.3) is 0 Å². The summed E-state index contributed by atoms with van der Waals surface area (Å²) in [5, 5.41) is 11.3. The van der Waals surface area contributed by atoms with Gasteiger partial charge in [0.1, 0.15) is 0 Å². The predicted molar refractivity (Wildman–Crippen MR) is 44.3 cm³/mol. The lowest BCUT2D eigenvalue weighted by atomic mass is 9.96. The number of aliphatic hydroxyl groups is 1. The van der Waals surface area contributed by atoms with Crippen molar-refractivity contribution in [3.05, 3.63) is 0 Å². The molecule has 0 saturated carbocycles. The highest BCUT2D eigenvalue weighted by Gasteiger charge is 2.40. The van der Waals surface area contributed by atoms with Crippen LogP contribution in [0.1, 0.15) is 32.6 Å². The van der Waals surface area contributed by atoms with Crippen molar-refractivity contribution >= 4 is 11.8 Å². The van der Waals surface area contributed by atoms with Gasteiger partial charge in [0.15, 0.2) is 0 Å². The van der Waals surface area contributed by atoms with Crippen molar-refractivity contribution in [2.45, 2.75) is 48.7 Å². The molecule has 2 fully saturated rings. The molecular formula is C8H14OS. The molecule has 58 valence electrons. The lowest BCUT2D eigenvalue weighted by Gasteiger charge is -2.32. The molecule has 1 nitrogen and oxygen atoms in total. The minimum atomic E-state index is -0.336. The highest BCUT2D eigenvalue weighted by atomic mass is 32.2. The molecule has 2 aliphatic rings. The van der Waals surface area contributed by atoms with Gasteiger partial charge in [-0.2, -0.15) is 11.8 Å². The highest BCUT2D eigenvalue weighted by Crippen LogP contribution is 2.47. The summed E-state index contributed by atoms with van der Waals surface area (Å²) in [6.45, 7) is 1.98. The van der Waals surface area contributed by atoms with Gasteiger partial charge in [0.2, 0.25) is 0 Å². The van der Waals surface area contributed by atoms with Crippen LogP contribution in [0.4, 0.5) is 0 Å². The Balaban J connectivity index is 2.09. The molecule has 2 rings (SSSR count). The maximum Gasteiger partial charge on any atom is 0.0640 e. The van der Waals surface area contributed by atoms with Crippen LogP contribution in [0.25, 0.3) is 0 Å². The Bertz CT molecular complexity index is 130. The molecule has 2 heterocycles. The first-order valence-corrected chi connectivity index (χ1v) is 4.98. The fourth-order valence-electron chi connectivity index (χ4n) is 2.14. The normalized spacial score (nSPS) is 53.4. The molecule has 2 saturated heterocycles. The second-order valence-corrected chi connectivity index (χ2v) is 5.47. The van der Waals surface area contributed by atoms with Crippen molar-refractivity contribution in [1.29, 1.82) is 0 Å². The molecule has 0 radical (unpaired) electrons. The zero-order valence-electron chi connectivity index (χ0n) is 6.34. The molecule has 1 N–H and O–H groups in total. The van der Waals surface area contributed by atoms with Crippen molar-refractivity contribution in [1.82, 2.24) is 0 Å². The summed E-state index contributed by atoms with van der Waals surface area (Å²) in [6.07, 6.45) is 4.72. The van der Waals surface area contributed by atoms with Crippen LogP contribution in [0.15, 0.2) is 0 Å². The molecule has 2 bridgehead atoms. The third-order valence-corrected chi connectivity index (χ3v) is 4.10. The van der Waals surface area contributed by atoms with Gasteiger partial charge in [-0.05, 0) is 32.6 Å². The molecular weight excluding hydrogens is 144 g/mol. The van der Waals surface area contributed by atoms with E-state index in [1.54, 1.807) is 0 Å². The van der Waals surface area contributed by atoms with Gasteiger partial charge >= 0.3 is 0 Å². The lowest BCUT2D eigenvalue weighted by molar-refractivity contribution is 0.0433. The standard InChI is InChI=1S/C8H14OS/c1-8(9)4-6-2-3-7(5-8)10-6/h6-7,9H,2-5H2,1H3/t6-,7?,8-/m1/s1. The van der Waals surface area contributed by atoms with Gasteiger partial charge in [0.05, 0.1) is 5.60 Å². The molecule has 10 heavy (non-hydrogen) atoms. The van der Waals surface area contributed by atoms with E-state index in [4.69, 9.17) is 0 Å². The van der Waals surface area contributed by atoms with Gasteiger partial charge in [-0.15, -0.1) is 0 Å². The summed E-state index contributed by atoms with van der Waals surface area (Å²) < 4.78 is 0. The second-order valence-electron chi connectivity index (χ2n) is 3.86. The predicted octanol–water partition coefficient (Wildman–Crippen LogP) is 1.80. The monoisotopic (exact) mass is 158 g/mol. The number of rotatable bonds is 0. The molecule has 0 aromatic heterocycles. The van der Waals surface area contributed by atoms with Crippen LogP contribution in [0.5, 0.6) is 0 Å². The molecule has 0 aromatic carbocycles. The van der Waals surface area contributed by atoms with Crippen LogP contribution in [0.2, 0.25) is 0 Å². The van der Waals surface area contributed by atoms with Gasteiger partial charge in [-0.1, -0.05) is 0 Å². The smallest absolute Gasteiger partial charge is 0.0640 e. The lowest BCUT2D eigenvalue weighted by Crippen LogP contribution is -2.33. The SMILES string of the molecule is C[C@]1(O)CC2CC[C@H](C1)S2. The van der Waals surface area contributed by atoms with Crippen LogP contribution in [0.3, 0.4) is 0 Å². The van der Waals surface area contributed by atoms with E-state index < -0.39 is 0 Å². The van der Waals surface area contributed by atoms with E-state index in [2.05, 4.69) is 11.8 Å². The van der Waals surface area contributed by atoms with E-state index in [0.717, 1.165) is 23.3 Å². The van der Waals surface area contributed by atoms with Gasteiger partial charge in [-0.25, -0.2) is 0 Å². The van der Waals surface area contributed by atoms with Gasteiger partial charge in [0, 0.05) is 10.5 Å². The fourth-order valence-corrected chi connectivity index (χ4v) is 4.14. The second kappa shape index (κ2) is 2.15.